The molecule has 0 radical (unpaired) electrons. The van der Waals surface area contributed by atoms with Crippen LogP contribution in [0, 0.1) is 6.92 Å². The lowest BCUT2D eigenvalue weighted by atomic mass is 10.4. The molecule has 0 aromatic carbocycles. The number of hydrogen-bond acceptors (Lipinski definition) is 8. The van der Waals surface area contributed by atoms with Gasteiger partial charge in [0, 0.05) is 12.6 Å². The molecule has 0 aliphatic carbocycles. The van der Waals surface area contributed by atoms with Crippen molar-refractivity contribution in [1.82, 2.24) is 20.1 Å². The number of nitrogens with zero attached hydrogens (tertiary/aromatic N) is 4. The summed E-state index contributed by atoms with van der Waals surface area (Å²) in [4.78, 5) is 12.4. The highest BCUT2D eigenvalue weighted by atomic mass is 16.5. The minimum atomic E-state index is 0.254. The zero-order valence-electron chi connectivity index (χ0n) is 11.1. The van der Waals surface area contributed by atoms with E-state index in [1.54, 1.807) is 0 Å². The monoisotopic (exact) mass is 264 g/mol. The van der Waals surface area contributed by atoms with Crippen molar-refractivity contribution in [3.05, 3.63) is 17.5 Å². The molecule has 19 heavy (non-hydrogen) atoms. The molecule has 0 aliphatic heterocycles. The van der Waals surface area contributed by atoms with Crippen molar-refractivity contribution in [2.75, 3.05) is 24.3 Å². The second-order valence-corrected chi connectivity index (χ2v) is 3.78. The third-order valence-corrected chi connectivity index (χ3v) is 2.24. The Morgan fingerprint density at radius 1 is 1.21 bits per heavy atom. The van der Waals surface area contributed by atoms with Gasteiger partial charge in [-0.1, -0.05) is 5.16 Å². The smallest absolute Gasteiger partial charge is 0.322 e. The Kier molecular flexibility index (Phi) is 4.11. The van der Waals surface area contributed by atoms with Crippen LogP contribution in [0.3, 0.4) is 0 Å². The van der Waals surface area contributed by atoms with Crippen LogP contribution in [0.15, 0.2) is 10.6 Å². The standard InChI is InChI=1S/C11H16N6O2/c1-4-12-9-14-10(16-11(15-9)18-3)13-6-8-5-7(2)19-17-8/h5H,4,6H2,1-3H3,(H2,12,13,14,15,16). The van der Waals surface area contributed by atoms with Crippen LogP contribution in [-0.2, 0) is 6.54 Å². The summed E-state index contributed by atoms with van der Waals surface area (Å²) in [6.45, 7) is 4.98. The summed E-state index contributed by atoms with van der Waals surface area (Å²) in [5.41, 5.74) is 0.780. The number of rotatable bonds is 6. The highest BCUT2D eigenvalue weighted by molar-refractivity contribution is 5.36. The first kappa shape index (κ1) is 13.1. The van der Waals surface area contributed by atoms with E-state index in [9.17, 15) is 0 Å². The molecule has 0 saturated heterocycles. The Morgan fingerprint density at radius 3 is 2.53 bits per heavy atom. The Morgan fingerprint density at radius 2 is 1.95 bits per heavy atom. The number of ether oxygens (including phenoxy) is 1. The van der Waals surface area contributed by atoms with Gasteiger partial charge in [-0.05, 0) is 13.8 Å². The van der Waals surface area contributed by atoms with Crippen molar-refractivity contribution in [2.45, 2.75) is 20.4 Å². The molecule has 0 saturated carbocycles. The maximum atomic E-state index is 5.02. The van der Waals surface area contributed by atoms with E-state index in [1.165, 1.54) is 7.11 Å². The third-order valence-electron chi connectivity index (χ3n) is 2.24. The van der Waals surface area contributed by atoms with Crippen molar-refractivity contribution >= 4 is 11.9 Å². The zero-order chi connectivity index (χ0) is 13.7. The molecule has 2 N–H and O–H groups in total. The van der Waals surface area contributed by atoms with Crippen LogP contribution in [0.25, 0.3) is 0 Å². The van der Waals surface area contributed by atoms with E-state index < -0.39 is 0 Å². The van der Waals surface area contributed by atoms with E-state index in [0.29, 0.717) is 18.4 Å². The number of nitrogens with one attached hydrogen (secondary N) is 2. The highest BCUT2D eigenvalue weighted by Crippen LogP contribution is 2.11. The average Bonchev–Trinajstić information content (AvgIpc) is 2.82. The lowest BCUT2D eigenvalue weighted by Crippen LogP contribution is -2.10. The van der Waals surface area contributed by atoms with Gasteiger partial charge in [-0.3, -0.25) is 0 Å². The highest BCUT2D eigenvalue weighted by Gasteiger charge is 2.07. The Bertz CT molecular complexity index is 542. The summed E-state index contributed by atoms with van der Waals surface area (Å²) < 4.78 is 10.0. The average molecular weight is 264 g/mol. The molecule has 0 bridgehead atoms. The molecule has 0 unspecified atom stereocenters. The van der Waals surface area contributed by atoms with Gasteiger partial charge in [0.15, 0.2) is 0 Å². The Labute approximate surface area is 110 Å². The molecule has 2 heterocycles. The number of methoxy groups -OCH3 is 1. The van der Waals surface area contributed by atoms with Gasteiger partial charge in [0.05, 0.1) is 13.7 Å². The van der Waals surface area contributed by atoms with Gasteiger partial charge in [0.1, 0.15) is 11.5 Å². The SMILES string of the molecule is CCNc1nc(NCc2cc(C)on2)nc(OC)n1. The number of hydrogen-bond donors (Lipinski definition) is 2. The quantitative estimate of drug-likeness (QED) is 0.803. The number of anilines is 2. The predicted octanol–water partition coefficient (Wildman–Crippen LogP) is 1.22. The summed E-state index contributed by atoms with van der Waals surface area (Å²) >= 11 is 0. The first-order valence-corrected chi connectivity index (χ1v) is 5.91. The van der Waals surface area contributed by atoms with Gasteiger partial charge in [-0.25, -0.2) is 0 Å². The van der Waals surface area contributed by atoms with Gasteiger partial charge in [0.2, 0.25) is 11.9 Å². The van der Waals surface area contributed by atoms with Crippen molar-refractivity contribution in [2.24, 2.45) is 0 Å². The van der Waals surface area contributed by atoms with E-state index >= 15 is 0 Å². The van der Waals surface area contributed by atoms with Crippen LogP contribution in [-0.4, -0.2) is 33.8 Å². The second kappa shape index (κ2) is 5.98. The van der Waals surface area contributed by atoms with Crippen LogP contribution < -0.4 is 15.4 Å². The minimum absolute atomic E-state index is 0.254. The maximum absolute atomic E-state index is 5.02. The predicted molar refractivity (Wildman–Crippen MR) is 69.1 cm³/mol. The van der Waals surface area contributed by atoms with Crippen LogP contribution in [0.5, 0.6) is 6.01 Å². The molecule has 2 rings (SSSR count). The van der Waals surface area contributed by atoms with E-state index in [1.807, 2.05) is 19.9 Å². The van der Waals surface area contributed by atoms with Crippen LogP contribution >= 0.6 is 0 Å². The minimum Gasteiger partial charge on any atom is -0.467 e. The van der Waals surface area contributed by atoms with Gasteiger partial charge in [-0.15, -0.1) is 0 Å². The number of aryl methyl sites for hydroxylation is 1. The molecule has 2 aromatic rings. The van der Waals surface area contributed by atoms with Gasteiger partial charge in [0.25, 0.3) is 0 Å². The van der Waals surface area contributed by atoms with E-state index in [4.69, 9.17) is 9.26 Å². The lowest BCUT2D eigenvalue weighted by Gasteiger charge is -2.07. The fraction of sp³-hybridized carbons (Fsp3) is 0.455. The molecule has 2 aromatic heterocycles. The zero-order valence-corrected chi connectivity index (χ0v) is 11.1. The van der Waals surface area contributed by atoms with E-state index in [0.717, 1.165) is 18.0 Å². The summed E-state index contributed by atoms with van der Waals surface area (Å²) in [5, 5.41) is 9.93. The van der Waals surface area contributed by atoms with E-state index in [-0.39, 0.29) is 6.01 Å². The van der Waals surface area contributed by atoms with E-state index in [2.05, 4.69) is 30.7 Å². The molecule has 0 fully saturated rings. The molecule has 0 atom stereocenters. The largest absolute Gasteiger partial charge is 0.467 e. The summed E-state index contributed by atoms with van der Waals surface area (Å²) in [6, 6.07) is 2.10. The summed E-state index contributed by atoms with van der Waals surface area (Å²) in [7, 11) is 1.51. The van der Waals surface area contributed by atoms with Crippen LogP contribution in [0.2, 0.25) is 0 Å². The van der Waals surface area contributed by atoms with Crippen LogP contribution in [0.4, 0.5) is 11.9 Å². The lowest BCUT2D eigenvalue weighted by molar-refractivity contribution is 0.379. The molecule has 0 aliphatic rings. The van der Waals surface area contributed by atoms with Crippen LogP contribution in [0.1, 0.15) is 18.4 Å². The second-order valence-electron chi connectivity index (χ2n) is 3.78. The molecule has 102 valence electrons. The molecule has 0 amide bonds. The molecule has 8 nitrogen and oxygen atoms in total. The summed E-state index contributed by atoms with van der Waals surface area (Å²) in [5.74, 6) is 1.65. The van der Waals surface area contributed by atoms with Crippen molar-refractivity contribution in [3.63, 3.8) is 0 Å². The Balaban J connectivity index is 2.08. The fourth-order valence-corrected chi connectivity index (χ4v) is 1.43. The first-order valence-electron chi connectivity index (χ1n) is 5.91. The third kappa shape index (κ3) is 3.54. The van der Waals surface area contributed by atoms with Gasteiger partial charge >= 0.3 is 6.01 Å². The topological polar surface area (TPSA) is 98.0 Å². The summed E-state index contributed by atoms with van der Waals surface area (Å²) in [6.07, 6.45) is 0. The number of aromatic nitrogens is 4. The Hall–Kier alpha value is -2.38. The van der Waals surface area contributed by atoms with Gasteiger partial charge in [-0.2, -0.15) is 15.0 Å². The maximum Gasteiger partial charge on any atom is 0.322 e. The van der Waals surface area contributed by atoms with Crippen molar-refractivity contribution in [3.8, 4) is 6.01 Å². The van der Waals surface area contributed by atoms with Crippen molar-refractivity contribution in [1.29, 1.82) is 0 Å². The van der Waals surface area contributed by atoms with Crippen molar-refractivity contribution < 1.29 is 9.26 Å². The fourth-order valence-electron chi connectivity index (χ4n) is 1.43. The molecule has 8 heteroatoms. The first-order chi connectivity index (χ1) is 9.21. The normalized spacial score (nSPS) is 10.3. The van der Waals surface area contributed by atoms with Gasteiger partial charge < -0.3 is 19.9 Å². The molecular formula is C11H16N6O2. The molecule has 0 spiro atoms. The molecular weight excluding hydrogens is 248 g/mol.